The molecular weight excluding hydrogens is 468 g/mol. The Morgan fingerprint density at radius 3 is 2.03 bits per heavy atom. The van der Waals surface area contributed by atoms with E-state index in [1.807, 2.05) is 6.07 Å². The highest BCUT2D eigenvalue weighted by molar-refractivity contribution is 9.10. The maximum Gasteiger partial charge on any atom is 0.339 e. The highest BCUT2D eigenvalue weighted by atomic mass is 79.9. The minimum atomic E-state index is -0.407. The molecule has 2 aromatic heterocycles. The van der Waals surface area contributed by atoms with Gasteiger partial charge in [-0.3, -0.25) is 4.98 Å². The lowest BCUT2D eigenvalue weighted by Crippen LogP contribution is -2.31. The molecular formula is C22H23BrN2O6. The first kappa shape index (κ1) is 23.1. The molecule has 1 fully saturated rings. The van der Waals surface area contributed by atoms with E-state index in [-0.39, 0.29) is 11.9 Å². The van der Waals surface area contributed by atoms with Gasteiger partial charge in [0, 0.05) is 25.2 Å². The number of pyridine rings is 2. The Morgan fingerprint density at radius 2 is 1.58 bits per heavy atom. The van der Waals surface area contributed by atoms with Crippen LogP contribution in [0.3, 0.4) is 0 Å². The van der Waals surface area contributed by atoms with Crippen molar-refractivity contribution < 1.29 is 28.5 Å². The number of ether oxygens (including phenoxy) is 4. The number of allylic oxidation sites excluding steroid dienone is 1. The van der Waals surface area contributed by atoms with E-state index in [0.717, 1.165) is 25.0 Å². The highest BCUT2D eigenvalue weighted by Gasteiger charge is 2.37. The number of hydrogen-bond acceptors (Lipinski definition) is 8. The van der Waals surface area contributed by atoms with E-state index in [1.165, 1.54) is 26.0 Å². The summed E-state index contributed by atoms with van der Waals surface area (Å²) in [6, 6.07) is 6.92. The Labute approximate surface area is 188 Å². The third kappa shape index (κ3) is 5.96. The highest BCUT2D eigenvalue weighted by Crippen LogP contribution is 2.37. The first-order valence-electron chi connectivity index (χ1n) is 9.68. The van der Waals surface area contributed by atoms with Gasteiger partial charge in [-0.2, -0.15) is 0 Å². The van der Waals surface area contributed by atoms with Gasteiger partial charge in [-0.25, -0.2) is 14.6 Å². The number of aromatic nitrogens is 2. The van der Waals surface area contributed by atoms with Gasteiger partial charge in [0.2, 0.25) is 0 Å². The van der Waals surface area contributed by atoms with Crippen LogP contribution in [0.25, 0.3) is 5.57 Å². The predicted molar refractivity (Wildman–Crippen MR) is 115 cm³/mol. The summed E-state index contributed by atoms with van der Waals surface area (Å²) in [5, 5.41) is 0. The van der Waals surface area contributed by atoms with Crippen molar-refractivity contribution in [3.8, 4) is 0 Å². The molecule has 0 radical (unpaired) electrons. The van der Waals surface area contributed by atoms with Crippen molar-refractivity contribution in [2.75, 3.05) is 27.4 Å². The Hall–Kier alpha value is -2.62. The van der Waals surface area contributed by atoms with Crippen LogP contribution in [0, 0.1) is 0 Å². The lowest BCUT2D eigenvalue weighted by atomic mass is 9.92. The third-order valence-electron chi connectivity index (χ3n) is 4.91. The predicted octanol–water partition coefficient (Wildman–Crippen LogP) is 3.81. The third-order valence-corrected chi connectivity index (χ3v) is 5.38. The van der Waals surface area contributed by atoms with Crippen molar-refractivity contribution in [1.82, 2.24) is 9.97 Å². The van der Waals surface area contributed by atoms with Gasteiger partial charge in [-0.15, -0.1) is 0 Å². The average molecular weight is 491 g/mol. The summed E-state index contributed by atoms with van der Waals surface area (Å²) >= 11 is 3.15. The Bertz CT molecular complexity index is 937. The largest absolute Gasteiger partial charge is 0.465 e. The van der Waals surface area contributed by atoms with E-state index >= 15 is 0 Å². The fourth-order valence-corrected chi connectivity index (χ4v) is 3.47. The van der Waals surface area contributed by atoms with E-state index in [9.17, 15) is 9.59 Å². The van der Waals surface area contributed by atoms with Gasteiger partial charge in [0.25, 0.3) is 0 Å². The van der Waals surface area contributed by atoms with E-state index in [0.29, 0.717) is 28.9 Å². The van der Waals surface area contributed by atoms with Gasteiger partial charge in [0.15, 0.2) is 5.79 Å². The van der Waals surface area contributed by atoms with Crippen LogP contribution in [-0.4, -0.2) is 55.1 Å². The molecule has 0 saturated carbocycles. The Kier molecular flexibility index (Phi) is 7.89. The average Bonchev–Trinajstić information content (AvgIpc) is 3.27. The lowest BCUT2D eigenvalue weighted by Gasteiger charge is -2.30. The molecule has 8 nitrogen and oxygen atoms in total. The number of carbonyl (C=O) groups excluding carboxylic acids is 2. The molecule has 2 aliphatic rings. The second-order valence-electron chi connectivity index (χ2n) is 6.83. The number of halogens is 1. The molecule has 3 heterocycles. The van der Waals surface area contributed by atoms with Gasteiger partial charge in [0.05, 0.1) is 44.3 Å². The van der Waals surface area contributed by atoms with Crippen molar-refractivity contribution in [2.45, 2.75) is 25.0 Å². The molecule has 31 heavy (non-hydrogen) atoms. The molecule has 2 aromatic rings. The van der Waals surface area contributed by atoms with Crippen LogP contribution in [0.1, 0.15) is 45.7 Å². The molecule has 164 valence electrons. The molecule has 4 rings (SSSR count). The first-order valence-corrected chi connectivity index (χ1v) is 10.5. The second kappa shape index (κ2) is 10.6. The van der Waals surface area contributed by atoms with Crippen molar-refractivity contribution in [3.05, 3.63) is 64.2 Å². The van der Waals surface area contributed by atoms with E-state index in [4.69, 9.17) is 9.47 Å². The summed E-state index contributed by atoms with van der Waals surface area (Å²) in [5.74, 6) is -1.14. The number of carbonyl (C=O) groups is 2. The molecule has 1 spiro atoms. The molecule has 0 atom stereocenters. The standard InChI is InChI=1S/C15H17NO4.C7H6BrNO2/c1-18-14(17)12-2-3-13(16-10-12)11-4-6-15(7-5-11)19-8-9-20-15;1-11-7(10)5-2-3-6(8)9-4-5/h2-4,10H,5-9H2,1H3;2-4H,1H3. The van der Waals surface area contributed by atoms with Crippen LogP contribution in [0.2, 0.25) is 0 Å². The fourth-order valence-electron chi connectivity index (χ4n) is 3.24. The van der Waals surface area contributed by atoms with Crippen LogP contribution in [0.5, 0.6) is 0 Å². The maximum atomic E-state index is 11.4. The zero-order valence-corrected chi connectivity index (χ0v) is 18.9. The first-order chi connectivity index (χ1) is 15.0. The summed E-state index contributed by atoms with van der Waals surface area (Å²) in [6.45, 7) is 1.35. The molecule has 0 amide bonds. The lowest BCUT2D eigenvalue weighted by molar-refractivity contribution is -0.159. The summed E-state index contributed by atoms with van der Waals surface area (Å²) in [6.07, 6.45) is 7.59. The molecule has 0 unspecified atom stereocenters. The Morgan fingerprint density at radius 1 is 0.968 bits per heavy atom. The normalized spacial score (nSPS) is 16.7. The molecule has 1 saturated heterocycles. The fraction of sp³-hybridized carbons (Fsp3) is 0.364. The zero-order chi connectivity index (χ0) is 22.3. The van der Waals surface area contributed by atoms with Crippen LogP contribution in [-0.2, 0) is 18.9 Å². The van der Waals surface area contributed by atoms with E-state index in [1.54, 1.807) is 24.4 Å². The summed E-state index contributed by atoms with van der Waals surface area (Å²) < 4.78 is 21.2. The zero-order valence-electron chi connectivity index (χ0n) is 17.3. The van der Waals surface area contributed by atoms with Crippen molar-refractivity contribution in [3.63, 3.8) is 0 Å². The van der Waals surface area contributed by atoms with Crippen molar-refractivity contribution in [2.24, 2.45) is 0 Å². The minimum Gasteiger partial charge on any atom is -0.465 e. The number of rotatable bonds is 3. The minimum absolute atomic E-state index is 0.367. The quantitative estimate of drug-likeness (QED) is 0.473. The molecule has 9 heteroatoms. The number of hydrogen-bond donors (Lipinski definition) is 0. The van der Waals surface area contributed by atoms with Gasteiger partial charge in [-0.05, 0) is 52.2 Å². The van der Waals surface area contributed by atoms with Crippen molar-refractivity contribution in [1.29, 1.82) is 0 Å². The molecule has 1 aliphatic carbocycles. The van der Waals surface area contributed by atoms with Gasteiger partial charge < -0.3 is 18.9 Å². The monoisotopic (exact) mass is 490 g/mol. The maximum absolute atomic E-state index is 11.4. The summed E-state index contributed by atoms with van der Waals surface area (Å²) in [5.41, 5.74) is 2.99. The van der Waals surface area contributed by atoms with E-state index < -0.39 is 5.79 Å². The second-order valence-corrected chi connectivity index (χ2v) is 7.64. The topological polar surface area (TPSA) is 96.8 Å². The van der Waals surface area contributed by atoms with Crippen LogP contribution in [0.15, 0.2) is 47.3 Å². The van der Waals surface area contributed by atoms with Crippen LogP contribution in [0.4, 0.5) is 0 Å². The van der Waals surface area contributed by atoms with Crippen LogP contribution >= 0.6 is 15.9 Å². The van der Waals surface area contributed by atoms with Gasteiger partial charge in [-0.1, -0.05) is 6.08 Å². The number of nitrogens with zero attached hydrogens (tertiary/aromatic N) is 2. The molecule has 0 bridgehead atoms. The van der Waals surface area contributed by atoms with E-state index in [2.05, 4.69) is 41.4 Å². The van der Waals surface area contributed by atoms with Crippen LogP contribution < -0.4 is 0 Å². The van der Waals surface area contributed by atoms with Crippen molar-refractivity contribution >= 4 is 33.4 Å². The number of methoxy groups -OCH3 is 2. The van der Waals surface area contributed by atoms with Gasteiger partial charge >= 0.3 is 11.9 Å². The Balaban J connectivity index is 0.000000210. The SMILES string of the molecule is COC(=O)c1ccc(Br)nc1.COC(=O)c1ccc(C2=CCC3(CC2)OCCO3)nc1. The molecule has 1 aliphatic heterocycles. The summed E-state index contributed by atoms with van der Waals surface area (Å²) in [7, 11) is 2.70. The summed E-state index contributed by atoms with van der Waals surface area (Å²) in [4.78, 5) is 30.4. The number of esters is 2. The molecule has 0 N–H and O–H groups in total. The van der Waals surface area contributed by atoms with Gasteiger partial charge in [0.1, 0.15) is 4.60 Å². The molecule has 0 aromatic carbocycles. The smallest absolute Gasteiger partial charge is 0.339 e.